The highest BCUT2D eigenvalue weighted by Crippen LogP contribution is 2.30. The molecule has 0 saturated carbocycles. The highest BCUT2D eigenvalue weighted by molar-refractivity contribution is 5.83. The summed E-state index contributed by atoms with van der Waals surface area (Å²) in [5.41, 5.74) is -0.871. The summed E-state index contributed by atoms with van der Waals surface area (Å²) in [7, 11) is 0. The maximum absolute atomic E-state index is 12.3. The van der Waals surface area contributed by atoms with Gasteiger partial charge in [0.25, 0.3) is 0 Å². The van der Waals surface area contributed by atoms with Crippen LogP contribution in [0.25, 0.3) is 0 Å². The van der Waals surface area contributed by atoms with E-state index in [1.807, 2.05) is 20.8 Å². The Morgan fingerprint density at radius 1 is 1.38 bits per heavy atom. The summed E-state index contributed by atoms with van der Waals surface area (Å²) in [4.78, 5) is 12.3. The van der Waals surface area contributed by atoms with Crippen LogP contribution in [0, 0.1) is 0 Å². The first-order chi connectivity index (χ1) is 7.44. The summed E-state index contributed by atoms with van der Waals surface area (Å²) in [5.74, 6) is -0.0882. The lowest BCUT2D eigenvalue weighted by molar-refractivity contribution is -0.164. The fourth-order valence-corrected chi connectivity index (χ4v) is 2.66. The second-order valence-electron chi connectivity index (χ2n) is 5.80. The minimum absolute atomic E-state index is 0.0882. The summed E-state index contributed by atoms with van der Waals surface area (Å²) >= 11 is 0. The molecule has 4 heteroatoms. The fraction of sp³-hybridized carbons (Fsp3) is 0.917. The first-order valence-corrected chi connectivity index (χ1v) is 6.16. The quantitative estimate of drug-likeness (QED) is 0.650. The Kier molecular flexibility index (Phi) is 2.97. The van der Waals surface area contributed by atoms with Crippen molar-refractivity contribution in [2.45, 2.75) is 57.2 Å². The summed E-state index contributed by atoms with van der Waals surface area (Å²) in [6.45, 7) is 7.57. The standard InChI is InChI=1S/C12H22N2O2/c1-11(2,3)16-10(15)12-6-8-13-9(12)5-4-7-14-12/h9,13-14H,4-8H2,1-3H3. The molecule has 0 spiro atoms. The van der Waals surface area contributed by atoms with Gasteiger partial charge in [0.05, 0.1) is 0 Å². The van der Waals surface area contributed by atoms with E-state index in [1.165, 1.54) is 0 Å². The van der Waals surface area contributed by atoms with Gasteiger partial charge in [-0.25, -0.2) is 4.79 Å². The van der Waals surface area contributed by atoms with E-state index in [1.54, 1.807) is 0 Å². The Hall–Kier alpha value is -0.610. The molecule has 0 aromatic carbocycles. The van der Waals surface area contributed by atoms with Crippen LogP contribution >= 0.6 is 0 Å². The molecule has 2 aliphatic heterocycles. The average molecular weight is 226 g/mol. The van der Waals surface area contributed by atoms with E-state index >= 15 is 0 Å². The molecule has 0 radical (unpaired) electrons. The first kappa shape index (κ1) is 11.9. The lowest BCUT2D eigenvalue weighted by atomic mass is 9.84. The molecule has 2 saturated heterocycles. The normalized spacial score (nSPS) is 34.6. The van der Waals surface area contributed by atoms with Gasteiger partial charge in [-0.05, 0) is 53.1 Å². The molecule has 0 amide bonds. The van der Waals surface area contributed by atoms with E-state index in [9.17, 15) is 4.79 Å². The smallest absolute Gasteiger partial charge is 0.328 e. The van der Waals surface area contributed by atoms with Crippen LogP contribution in [0.2, 0.25) is 0 Å². The molecular weight excluding hydrogens is 204 g/mol. The highest BCUT2D eigenvalue weighted by atomic mass is 16.6. The zero-order chi connectivity index (χ0) is 11.8. The van der Waals surface area contributed by atoms with E-state index < -0.39 is 11.1 Å². The molecule has 2 fully saturated rings. The Bertz CT molecular complexity index is 285. The Morgan fingerprint density at radius 2 is 2.12 bits per heavy atom. The zero-order valence-corrected chi connectivity index (χ0v) is 10.4. The number of fused-ring (bicyclic) bond motifs is 1. The van der Waals surface area contributed by atoms with E-state index in [0.717, 1.165) is 32.4 Å². The lowest BCUT2D eigenvalue weighted by Gasteiger charge is -2.39. The average Bonchev–Trinajstić information content (AvgIpc) is 2.59. The molecule has 4 nitrogen and oxygen atoms in total. The molecule has 2 aliphatic rings. The van der Waals surface area contributed by atoms with Crippen LogP contribution < -0.4 is 10.6 Å². The molecule has 0 aliphatic carbocycles. The number of carbonyl (C=O) groups excluding carboxylic acids is 1. The number of rotatable bonds is 1. The van der Waals surface area contributed by atoms with Crippen molar-refractivity contribution in [1.29, 1.82) is 0 Å². The van der Waals surface area contributed by atoms with Crippen LogP contribution in [0.15, 0.2) is 0 Å². The molecule has 92 valence electrons. The monoisotopic (exact) mass is 226 g/mol. The molecular formula is C12H22N2O2. The van der Waals surface area contributed by atoms with Crippen molar-refractivity contribution in [1.82, 2.24) is 10.6 Å². The van der Waals surface area contributed by atoms with Crippen molar-refractivity contribution in [3.8, 4) is 0 Å². The van der Waals surface area contributed by atoms with Crippen molar-refractivity contribution in [2.75, 3.05) is 13.1 Å². The van der Waals surface area contributed by atoms with Crippen LogP contribution in [-0.2, 0) is 9.53 Å². The predicted octanol–water partition coefficient (Wildman–Crippen LogP) is 0.812. The highest BCUT2D eigenvalue weighted by Gasteiger charge is 2.52. The Labute approximate surface area is 97.1 Å². The number of carbonyl (C=O) groups is 1. The molecule has 16 heavy (non-hydrogen) atoms. The molecule has 2 N–H and O–H groups in total. The van der Waals surface area contributed by atoms with Gasteiger partial charge in [0.15, 0.2) is 0 Å². The van der Waals surface area contributed by atoms with Gasteiger partial charge in [0, 0.05) is 6.04 Å². The summed E-state index contributed by atoms with van der Waals surface area (Å²) in [5, 5.41) is 6.78. The largest absolute Gasteiger partial charge is 0.459 e. The number of piperidine rings is 1. The van der Waals surface area contributed by atoms with Gasteiger partial charge >= 0.3 is 5.97 Å². The first-order valence-electron chi connectivity index (χ1n) is 6.16. The molecule has 2 unspecified atom stereocenters. The van der Waals surface area contributed by atoms with Gasteiger partial charge in [-0.1, -0.05) is 0 Å². The number of ether oxygens (including phenoxy) is 1. The van der Waals surface area contributed by atoms with Gasteiger partial charge in [-0.2, -0.15) is 0 Å². The van der Waals surface area contributed by atoms with Crippen LogP contribution in [-0.4, -0.2) is 36.2 Å². The molecule has 0 aromatic heterocycles. The van der Waals surface area contributed by atoms with E-state index in [2.05, 4.69) is 10.6 Å². The van der Waals surface area contributed by atoms with Crippen molar-refractivity contribution < 1.29 is 9.53 Å². The third kappa shape index (κ3) is 2.09. The maximum Gasteiger partial charge on any atom is 0.328 e. The van der Waals surface area contributed by atoms with Gasteiger partial charge in [0.1, 0.15) is 11.1 Å². The fourth-order valence-electron chi connectivity index (χ4n) is 2.66. The van der Waals surface area contributed by atoms with Gasteiger partial charge in [0.2, 0.25) is 0 Å². The Balaban J connectivity index is 2.13. The topological polar surface area (TPSA) is 50.4 Å². The van der Waals surface area contributed by atoms with Gasteiger partial charge < -0.3 is 15.4 Å². The number of hydrogen-bond donors (Lipinski definition) is 2. The summed E-state index contributed by atoms with van der Waals surface area (Å²) in [6.07, 6.45) is 3.03. The van der Waals surface area contributed by atoms with Crippen molar-refractivity contribution in [3.63, 3.8) is 0 Å². The number of esters is 1. The molecule has 2 heterocycles. The SMILES string of the molecule is CC(C)(C)OC(=O)C12CCNC1CCCN2. The summed E-state index contributed by atoms with van der Waals surface area (Å²) < 4.78 is 5.54. The van der Waals surface area contributed by atoms with Crippen molar-refractivity contribution in [3.05, 3.63) is 0 Å². The predicted molar refractivity (Wildman–Crippen MR) is 62.2 cm³/mol. The molecule has 2 atom stereocenters. The van der Waals surface area contributed by atoms with Crippen molar-refractivity contribution >= 4 is 5.97 Å². The van der Waals surface area contributed by atoms with Gasteiger partial charge in [-0.3, -0.25) is 0 Å². The third-order valence-corrected chi connectivity index (χ3v) is 3.38. The van der Waals surface area contributed by atoms with E-state index in [4.69, 9.17) is 4.74 Å². The molecule has 2 rings (SSSR count). The zero-order valence-electron chi connectivity index (χ0n) is 10.4. The number of nitrogens with one attached hydrogen (secondary N) is 2. The number of hydrogen-bond acceptors (Lipinski definition) is 4. The third-order valence-electron chi connectivity index (χ3n) is 3.38. The molecule has 0 aromatic rings. The van der Waals surface area contributed by atoms with E-state index in [-0.39, 0.29) is 12.0 Å². The minimum Gasteiger partial charge on any atom is -0.459 e. The molecule has 0 bridgehead atoms. The van der Waals surface area contributed by atoms with Crippen molar-refractivity contribution in [2.24, 2.45) is 0 Å². The Morgan fingerprint density at radius 3 is 2.81 bits per heavy atom. The lowest BCUT2D eigenvalue weighted by Crippen LogP contribution is -2.63. The summed E-state index contributed by atoms with van der Waals surface area (Å²) in [6, 6.07) is 0.246. The van der Waals surface area contributed by atoms with Crippen LogP contribution in [0.3, 0.4) is 0 Å². The van der Waals surface area contributed by atoms with E-state index in [0.29, 0.717) is 0 Å². The van der Waals surface area contributed by atoms with Gasteiger partial charge in [-0.15, -0.1) is 0 Å². The van der Waals surface area contributed by atoms with Crippen LogP contribution in [0.5, 0.6) is 0 Å². The minimum atomic E-state index is -0.467. The van der Waals surface area contributed by atoms with Crippen LogP contribution in [0.4, 0.5) is 0 Å². The maximum atomic E-state index is 12.3. The van der Waals surface area contributed by atoms with Crippen LogP contribution in [0.1, 0.15) is 40.0 Å². The second kappa shape index (κ2) is 4.00. The second-order valence-corrected chi connectivity index (χ2v) is 5.80.